The van der Waals surface area contributed by atoms with Crippen LogP contribution in [0.3, 0.4) is 0 Å². The van der Waals surface area contributed by atoms with E-state index in [-0.39, 0.29) is 10.5 Å². The Bertz CT molecular complexity index is 1510. The van der Waals surface area contributed by atoms with Crippen molar-refractivity contribution in [3.63, 3.8) is 0 Å². The van der Waals surface area contributed by atoms with Gasteiger partial charge in [0.05, 0.1) is 21.5 Å². The first-order valence-corrected chi connectivity index (χ1v) is 12.8. The lowest BCUT2D eigenvalue weighted by atomic mass is 10.1. The first-order valence-electron chi connectivity index (χ1n) is 10.4. The van der Waals surface area contributed by atoms with E-state index in [1.165, 1.54) is 30.2 Å². The van der Waals surface area contributed by atoms with Gasteiger partial charge in [0, 0.05) is 19.8 Å². The molecule has 0 atom stereocenters. The summed E-state index contributed by atoms with van der Waals surface area (Å²) in [5.41, 5.74) is 4.33. The molecule has 6 nitrogen and oxygen atoms in total. The van der Waals surface area contributed by atoms with Crippen LogP contribution < -0.4 is 5.56 Å². The second-order valence-electron chi connectivity index (χ2n) is 8.04. The minimum atomic E-state index is -3.52. The number of hydrogen-bond donors (Lipinski definition) is 0. The third kappa shape index (κ3) is 4.59. The van der Waals surface area contributed by atoms with Gasteiger partial charge in [-0.25, -0.2) is 17.7 Å². The largest absolute Gasteiger partial charge is 0.268 e. The number of benzene rings is 3. The highest BCUT2D eigenvalue weighted by atomic mass is 32.2. The molecule has 0 aliphatic rings. The highest BCUT2D eigenvalue weighted by Gasteiger charge is 2.18. The van der Waals surface area contributed by atoms with Gasteiger partial charge in [-0.05, 0) is 66.9 Å². The summed E-state index contributed by atoms with van der Waals surface area (Å²) >= 11 is 1.41. The molecule has 4 rings (SSSR count). The van der Waals surface area contributed by atoms with Crippen LogP contribution in [-0.4, -0.2) is 36.4 Å². The smallest absolute Gasteiger partial charge is 0.266 e. The van der Waals surface area contributed by atoms with Crippen LogP contribution in [0.2, 0.25) is 0 Å². The summed E-state index contributed by atoms with van der Waals surface area (Å²) in [7, 11) is -0.501. The first kappa shape index (κ1) is 23.2. The van der Waals surface area contributed by atoms with Crippen molar-refractivity contribution in [3.05, 3.63) is 93.8 Å². The molecule has 0 saturated heterocycles. The molecule has 0 saturated carbocycles. The molecule has 33 heavy (non-hydrogen) atoms. The molecule has 170 valence electrons. The highest BCUT2D eigenvalue weighted by Crippen LogP contribution is 2.26. The van der Waals surface area contributed by atoms with Crippen molar-refractivity contribution >= 4 is 32.7 Å². The standard InChI is InChI=1S/C25H25N3O3S2/c1-17-12-13-20(14-18(17)2)28-24(29)22-10-5-6-11-23(22)26-25(28)32-16-19-8-7-9-21(15-19)33(30,31)27(3)4/h5-15H,16H2,1-4H3. The Hall–Kier alpha value is -2.94. The molecule has 1 heterocycles. The molecule has 0 fully saturated rings. The van der Waals surface area contributed by atoms with Crippen molar-refractivity contribution in [2.45, 2.75) is 29.7 Å². The van der Waals surface area contributed by atoms with E-state index in [4.69, 9.17) is 4.98 Å². The molecule has 0 bridgehead atoms. The lowest BCUT2D eigenvalue weighted by Crippen LogP contribution is -2.22. The van der Waals surface area contributed by atoms with E-state index in [1.807, 2.05) is 56.3 Å². The van der Waals surface area contributed by atoms with Crippen molar-refractivity contribution in [1.82, 2.24) is 13.9 Å². The molecule has 0 aliphatic carbocycles. The van der Waals surface area contributed by atoms with Crippen LogP contribution in [0.5, 0.6) is 0 Å². The molecule has 4 aromatic rings. The van der Waals surface area contributed by atoms with Crippen LogP contribution in [0.25, 0.3) is 16.6 Å². The van der Waals surface area contributed by atoms with Gasteiger partial charge in [0.1, 0.15) is 0 Å². The Kier molecular flexibility index (Phi) is 6.43. The average Bonchev–Trinajstić information content (AvgIpc) is 2.80. The Morgan fingerprint density at radius 3 is 2.42 bits per heavy atom. The molecular formula is C25H25N3O3S2. The van der Waals surface area contributed by atoms with Gasteiger partial charge in [-0.2, -0.15) is 0 Å². The third-order valence-corrected chi connectivity index (χ3v) is 8.36. The minimum absolute atomic E-state index is 0.129. The van der Waals surface area contributed by atoms with E-state index in [0.29, 0.717) is 21.8 Å². The number of hydrogen-bond acceptors (Lipinski definition) is 5. The average molecular weight is 480 g/mol. The normalized spacial score (nSPS) is 11.9. The van der Waals surface area contributed by atoms with Gasteiger partial charge < -0.3 is 0 Å². The second kappa shape index (κ2) is 9.13. The maximum absolute atomic E-state index is 13.4. The summed E-state index contributed by atoms with van der Waals surface area (Å²) in [5.74, 6) is 0.465. The topological polar surface area (TPSA) is 72.3 Å². The minimum Gasteiger partial charge on any atom is -0.268 e. The molecule has 1 aromatic heterocycles. The van der Waals surface area contributed by atoms with E-state index in [0.717, 1.165) is 22.4 Å². The summed E-state index contributed by atoms with van der Waals surface area (Å²) in [5, 5.41) is 1.11. The summed E-state index contributed by atoms with van der Waals surface area (Å²) in [6, 6.07) is 20.1. The van der Waals surface area contributed by atoms with Gasteiger partial charge >= 0.3 is 0 Å². The van der Waals surface area contributed by atoms with E-state index >= 15 is 0 Å². The SMILES string of the molecule is Cc1ccc(-n2c(SCc3cccc(S(=O)(=O)N(C)C)c3)nc3ccccc3c2=O)cc1C. The van der Waals surface area contributed by atoms with Crippen molar-refractivity contribution in [1.29, 1.82) is 0 Å². The molecule has 0 aliphatic heterocycles. The molecule has 8 heteroatoms. The summed E-state index contributed by atoms with van der Waals surface area (Å²) in [6.45, 7) is 4.05. The number of thioether (sulfide) groups is 1. The zero-order chi connectivity index (χ0) is 23.8. The highest BCUT2D eigenvalue weighted by molar-refractivity contribution is 7.98. The van der Waals surface area contributed by atoms with E-state index < -0.39 is 10.0 Å². The molecule has 3 aromatic carbocycles. The number of nitrogens with zero attached hydrogens (tertiary/aromatic N) is 3. The number of para-hydroxylation sites is 1. The van der Waals surface area contributed by atoms with Crippen LogP contribution in [0.4, 0.5) is 0 Å². The van der Waals surface area contributed by atoms with Gasteiger partial charge in [0.2, 0.25) is 10.0 Å². The zero-order valence-corrected chi connectivity index (χ0v) is 20.6. The van der Waals surface area contributed by atoms with Crippen molar-refractivity contribution in [2.75, 3.05) is 14.1 Å². The van der Waals surface area contributed by atoms with Crippen LogP contribution in [0.1, 0.15) is 16.7 Å². The van der Waals surface area contributed by atoms with Gasteiger partial charge in [0.15, 0.2) is 5.16 Å². The third-order valence-electron chi connectivity index (χ3n) is 5.54. The molecule has 0 spiro atoms. The van der Waals surface area contributed by atoms with Crippen molar-refractivity contribution in [2.24, 2.45) is 0 Å². The fourth-order valence-electron chi connectivity index (χ4n) is 3.46. The lowest BCUT2D eigenvalue weighted by Gasteiger charge is -2.15. The number of aromatic nitrogens is 2. The summed E-state index contributed by atoms with van der Waals surface area (Å²) in [6.07, 6.45) is 0. The second-order valence-corrected chi connectivity index (χ2v) is 11.1. The zero-order valence-electron chi connectivity index (χ0n) is 18.9. The molecule has 0 radical (unpaired) electrons. The van der Waals surface area contributed by atoms with Crippen molar-refractivity contribution in [3.8, 4) is 5.69 Å². The van der Waals surface area contributed by atoms with Gasteiger partial charge in [-0.1, -0.05) is 42.1 Å². The monoisotopic (exact) mass is 479 g/mol. The fourth-order valence-corrected chi connectivity index (χ4v) is 5.38. The Morgan fingerprint density at radius 2 is 1.70 bits per heavy atom. The number of aryl methyl sites for hydroxylation is 2. The number of rotatable bonds is 6. The lowest BCUT2D eigenvalue weighted by molar-refractivity contribution is 0.520. The van der Waals surface area contributed by atoms with Gasteiger partial charge in [-0.3, -0.25) is 9.36 Å². The molecule has 0 amide bonds. The first-order chi connectivity index (χ1) is 15.7. The molecular weight excluding hydrogens is 454 g/mol. The van der Waals surface area contributed by atoms with Crippen molar-refractivity contribution < 1.29 is 8.42 Å². The Balaban J connectivity index is 1.78. The van der Waals surface area contributed by atoms with Crippen LogP contribution in [-0.2, 0) is 15.8 Å². The predicted molar refractivity (Wildman–Crippen MR) is 134 cm³/mol. The Morgan fingerprint density at radius 1 is 0.939 bits per heavy atom. The molecule has 0 unspecified atom stereocenters. The van der Waals surface area contributed by atoms with E-state index in [9.17, 15) is 13.2 Å². The molecule has 0 N–H and O–H groups in total. The fraction of sp³-hybridized carbons (Fsp3) is 0.200. The maximum Gasteiger partial charge on any atom is 0.266 e. The van der Waals surface area contributed by atoms with E-state index in [2.05, 4.69) is 0 Å². The van der Waals surface area contributed by atoms with Crippen LogP contribution in [0.15, 0.2) is 81.6 Å². The van der Waals surface area contributed by atoms with Gasteiger partial charge in [-0.15, -0.1) is 0 Å². The summed E-state index contributed by atoms with van der Waals surface area (Å²) in [4.78, 5) is 18.5. The number of fused-ring (bicyclic) bond motifs is 1. The van der Waals surface area contributed by atoms with Crippen LogP contribution in [0, 0.1) is 13.8 Å². The number of sulfonamides is 1. The Labute approximate surface area is 198 Å². The van der Waals surface area contributed by atoms with Crippen LogP contribution >= 0.6 is 11.8 Å². The predicted octanol–water partition coefficient (Wildman–Crippen LogP) is 4.55. The maximum atomic E-state index is 13.4. The van der Waals surface area contributed by atoms with E-state index in [1.54, 1.807) is 28.8 Å². The quantitative estimate of drug-likeness (QED) is 0.300. The van der Waals surface area contributed by atoms with Gasteiger partial charge in [0.25, 0.3) is 5.56 Å². The summed E-state index contributed by atoms with van der Waals surface area (Å²) < 4.78 is 27.9.